The summed E-state index contributed by atoms with van der Waals surface area (Å²) in [6, 6.07) is 7.77. The van der Waals surface area contributed by atoms with Crippen LogP contribution in [0.4, 0.5) is 0 Å². The Labute approximate surface area is 139 Å². The molecular weight excluding hydrogens is 288 g/mol. The molecule has 23 heavy (non-hydrogen) atoms. The maximum absolute atomic E-state index is 9.35. The minimum Gasteiger partial charge on any atom is -0.494 e. The van der Waals surface area contributed by atoms with E-state index < -0.39 is 0 Å². The molecule has 0 aliphatic carbocycles. The zero-order chi connectivity index (χ0) is 16.5. The van der Waals surface area contributed by atoms with Crippen LogP contribution in [0.2, 0.25) is 0 Å². The molecule has 0 saturated heterocycles. The van der Waals surface area contributed by atoms with Crippen molar-refractivity contribution in [3.8, 4) is 5.75 Å². The van der Waals surface area contributed by atoms with Gasteiger partial charge in [0.15, 0.2) is 0 Å². The molecule has 1 aliphatic heterocycles. The van der Waals surface area contributed by atoms with E-state index in [1.807, 2.05) is 31.2 Å². The van der Waals surface area contributed by atoms with Gasteiger partial charge in [0.05, 0.1) is 12.3 Å². The SMILES string of the molecule is CCCN1CC=CC(CC/C(=N/O)c2ccc(OCC)cc2)C1. The van der Waals surface area contributed by atoms with Crippen molar-refractivity contribution >= 4 is 5.71 Å². The highest BCUT2D eigenvalue weighted by Crippen LogP contribution is 2.19. The smallest absolute Gasteiger partial charge is 0.119 e. The first-order valence-corrected chi connectivity index (χ1v) is 8.60. The predicted octanol–water partition coefficient (Wildman–Crippen LogP) is 3.94. The number of hydrogen-bond acceptors (Lipinski definition) is 4. The van der Waals surface area contributed by atoms with Gasteiger partial charge in [-0.15, -0.1) is 0 Å². The Balaban J connectivity index is 1.90. The molecule has 0 aromatic heterocycles. The van der Waals surface area contributed by atoms with Crippen molar-refractivity contribution in [2.45, 2.75) is 33.1 Å². The Hall–Kier alpha value is -1.81. The molecule has 1 aliphatic rings. The van der Waals surface area contributed by atoms with Crippen molar-refractivity contribution in [1.29, 1.82) is 0 Å². The van der Waals surface area contributed by atoms with E-state index in [4.69, 9.17) is 4.74 Å². The van der Waals surface area contributed by atoms with Crippen molar-refractivity contribution in [2.24, 2.45) is 11.1 Å². The second-order valence-corrected chi connectivity index (χ2v) is 5.99. The molecule has 126 valence electrons. The van der Waals surface area contributed by atoms with E-state index >= 15 is 0 Å². The number of nitrogens with zero attached hydrogens (tertiary/aromatic N) is 2. The quantitative estimate of drug-likeness (QED) is 0.342. The van der Waals surface area contributed by atoms with E-state index in [0.29, 0.717) is 12.5 Å². The van der Waals surface area contributed by atoms with Gasteiger partial charge in [-0.1, -0.05) is 24.2 Å². The number of oxime groups is 1. The van der Waals surface area contributed by atoms with E-state index in [-0.39, 0.29) is 0 Å². The van der Waals surface area contributed by atoms with Crippen molar-refractivity contribution < 1.29 is 9.94 Å². The molecule has 0 spiro atoms. The van der Waals surface area contributed by atoms with Gasteiger partial charge in [-0.25, -0.2) is 0 Å². The molecule has 1 heterocycles. The zero-order valence-corrected chi connectivity index (χ0v) is 14.2. The van der Waals surface area contributed by atoms with Crippen molar-refractivity contribution in [1.82, 2.24) is 4.90 Å². The van der Waals surface area contributed by atoms with Crippen molar-refractivity contribution in [3.05, 3.63) is 42.0 Å². The number of ether oxygens (including phenoxy) is 1. The van der Waals surface area contributed by atoms with E-state index in [1.165, 1.54) is 6.42 Å². The second kappa shape index (κ2) is 9.36. The summed E-state index contributed by atoms with van der Waals surface area (Å²) in [6.45, 7) is 8.16. The molecule has 1 aromatic carbocycles. The number of rotatable bonds is 8. The second-order valence-electron chi connectivity index (χ2n) is 5.99. The minimum absolute atomic E-state index is 0.537. The molecule has 0 amide bonds. The molecule has 1 atom stereocenters. The fourth-order valence-corrected chi connectivity index (χ4v) is 3.04. The standard InChI is InChI=1S/C19H28N2O2/c1-3-13-21-14-5-6-16(15-21)7-12-19(20-22)17-8-10-18(11-9-17)23-4-2/h5-6,8-11,16,22H,3-4,7,12-15H2,1-2H3/b20-19-. The van der Waals surface area contributed by atoms with Crippen LogP contribution in [0.1, 0.15) is 38.7 Å². The third-order valence-electron chi connectivity index (χ3n) is 4.18. The Bertz CT molecular complexity index is 523. The molecule has 1 unspecified atom stereocenters. The number of hydrogen-bond donors (Lipinski definition) is 1. The fraction of sp³-hybridized carbons (Fsp3) is 0.526. The fourth-order valence-electron chi connectivity index (χ4n) is 3.04. The molecule has 4 nitrogen and oxygen atoms in total. The Morgan fingerprint density at radius 3 is 2.74 bits per heavy atom. The van der Waals surface area contributed by atoms with Gasteiger partial charge >= 0.3 is 0 Å². The molecule has 0 saturated carbocycles. The first kappa shape index (κ1) is 17.5. The lowest BCUT2D eigenvalue weighted by Gasteiger charge is -2.28. The summed E-state index contributed by atoms with van der Waals surface area (Å²) in [6.07, 6.45) is 7.54. The van der Waals surface area contributed by atoms with Crippen LogP contribution in [0.3, 0.4) is 0 Å². The van der Waals surface area contributed by atoms with Crippen molar-refractivity contribution in [2.75, 3.05) is 26.2 Å². The third-order valence-corrected chi connectivity index (χ3v) is 4.18. The van der Waals surface area contributed by atoms with Gasteiger partial charge in [-0.2, -0.15) is 0 Å². The molecular formula is C19H28N2O2. The predicted molar refractivity (Wildman–Crippen MR) is 94.5 cm³/mol. The molecule has 0 bridgehead atoms. The average molecular weight is 316 g/mol. The summed E-state index contributed by atoms with van der Waals surface area (Å²) >= 11 is 0. The van der Waals surface area contributed by atoms with Gasteiger partial charge in [0.2, 0.25) is 0 Å². The molecule has 4 heteroatoms. The van der Waals surface area contributed by atoms with E-state index in [9.17, 15) is 5.21 Å². The highest BCUT2D eigenvalue weighted by molar-refractivity contribution is 6.00. The zero-order valence-electron chi connectivity index (χ0n) is 14.2. The molecule has 0 fully saturated rings. The Morgan fingerprint density at radius 1 is 1.30 bits per heavy atom. The maximum Gasteiger partial charge on any atom is 0.119 e. The van der Waals surface area contributed by atoms with Crippen LogP contribution < -0.4 is 4.74 Å². The summed E-state index contributed by atoms with van der Waals surface area (Å²) < 4.78 is 5.45. The summed E-state index contributed by atoms with van der Waals surface area (Å²) in [5.41, 5.74) is 1.70. The van der Waals surface area contributed by atoms with Gasteiger partial charge in [0.1, 0.15) is 5.75 Å². The highest BCUT2D eigenvalue weighted by Gasteiger charge is 2.16. The number of benzene rings is 1. The summed E-state index contributed by atoms with van der Waals surface area (Å²) in [7, 11) is 0. The van der Waals surface area contributed by atoms with Crippen LogP contribution in [0.5, 0.6) is 5.75 Å². The molecule has 2 rings (SSSR count). The van der Waals surface area contributed by atoms with E-state index in [0.717, 1.165) is 49.5 Å². The van der Waals surface area contributed by atoms with E-state index in [1.54, 1.807) is 0 Å². The molecule has 1 aromatic rings. The molecule has 1 N–H and O–H groups in total. The third kappa shape index (κ3) is 5.39. The van der Waals surface area contributed by atoms with Crippen LogP contribution in [0.15, 0.2) is 41.6 Å². The lowest BCUT2D eigenvalue weighted by Crippen LogP contribution is -2.33. The first-order valence-electron chi connectivity index (χ1n) is 8.60. The van der Waals surface area contributed by atoms with Gasteiger partial charge in [0.25, 0.3) is 0 Å². The largest absolute Gasteiger partial charge is 0.494 e. The minimum atomic E-state index is 0.537. The van der Waals surface area contributed by atoms with Gasteiger partial charge in [0, 0.05) is 13.1 Å². The first-order chi connectivity index (χ1) is 11.3. The highest BCUT2D eigenvalue weighted by atomic mass is 16.5. The van der Waals surface area contributed by atoms with Gasteiger partial charge < -0.3 is 9.94 Å². The monoisotopic (exact) mass is 316 g/mol. The van der Waals surface area contributed by atoms with Crippen molar-refractivity contribution in [3.63, 3.8) is 0 Å². The maximum atomic E-state index is 9.35. The average Bonchev–Trinajstić information content (AvgIpc) is 2.58. The lowest BCUT2D eigenvalue weighted by atomic mass is 9.95. The summed E-state index contributed by atoms with van der Waals surface area (Å²) in [5.74, 6) is 1.38. The van der Waals surface area contributed by atoms with Gasteiger partial charge in [-0.3, -0.25) is 4.90 Å². The lowest BCUT2D eigenvalue weighted by molar-refractivity contribution is 0.254. The Kier molecular flexibility index (Phi) is 7.14. The summed E-state index contributed by atoms with van der Waals surface area (Å²) in [5, 5.41) is 12.9. The van der Waals surface area contributed by atoms with E-state index in [2.05, 4.69) is 29.1 Å². The van der Waals surface area contributed by atoms with Crippen LogP contribution in [0, 0.1) is 5.92 Å². The van der Waals surface area contributed by atoms with Crippen LogP contribution in [-0.4, -0.2) is 42.1 Å². The topological polar surface area (TPSA) is 45.1 Å². The summed E-state index contributed by atoms with van der Waals surface area (Å²) in [4.78, 5) is 2.48. The van der Waals surface area contributed by atoms with Gasteiger partial charge in [-0.05, 0) is 68.5 Å². The van der Waals surface area contributed by atoms with Crippen LogP contribution >= 0.6 is 0 Å². The normalized spacial score (nSPS) is 19.0. The van der Waals surface area contributed by atoms with Crippen LogP contribution in [-0.2, 0) is 0 Å². The Morgan fingerprint density at radius 2 is 2.09 bits per heavy atom. The molecule has 0 radical (unpaired) electrons. The van der Waals surface area contributed by atoms with Crippen LogP contribution in [0.25, 0.3) is 0 Å².